The van der Waals surface area contributed by atoms with Gasteiger partial charge in [0, 0.05) is 41.0 Å². The first-order chi connectivity index (χ1) is 16.3. The zero-order chi connectivity index (χ0) is 25.8. The van der Waals surface area contributed by atoms with Crippen molar-refractivity contribution >= 4 is 28.6 Å². The number of Topliss-reactive ketones (excluding diaryl/α,β-unsaturated/α-hetero) is 1. The number of allylic oxidation sites excluding steroid dienone is 6. The van der Waals surface area contributed by atoms with Gasteiger partial charge in [0.15, 0.2) is 0 Å². The van der Waals surface area contributed by atoms with Crippen molar-refractivity contribution < 1.29 is 42.4 Å². The van der Waals surface area contributed by atoms with E-state index in [1.165, 1.54) is 27.7 Å². The number of carbonyl (C=O) groups is 1. The number of rotatable bonds is 2. The Bertz CT molecular complexity index is 824. The third-order valence-corrected chi connectivity index (χ3v) is 4.60. The molecule has 35 heavy (non-hydrogen) atoms. The van der Waals surface area contributed by atoms with Crippen LogP contribution in [0.5, 0.6) is 0 Å². The van der Waals surface area contributed by atoms with Gasteiger partial charge < -0.3 is 26.9 Å². The number of hydrogen-bond donors (Lipinski definition) is 4. The van der Waals surface area contributed by atoms with Crippen LogP contribution in [0.25, 0.3) is 0 Å². The fraction of sp³-hybridized carbons (Fsp3) is 0.333. The van der Waals surface area contributed by atoms with E-state index in [1.807, 2.05) is 48.6 Å². The van der Waals surface area contributed by atoms with E-state index >= 15 is 0 Å². The number of fused-ring (bicyclic) bond motifs is 2. The molecule has 1 aromatic heterocycles. The summed E-state index contributed by atoms with van der Waals surface area (Å²) < 4.78 is 0. The van der Waals surface area contributed by atoms with E-state index < -0.39 is 0 Å². The van der Waals surface area contributed by atoms with Crippen LogP contribution in [-0.4, -0.2) is 54.4 Å². The fourth-order valence-electron chi connectivity index (χ4n) is 2.25. The Kier molecular flexibility index (Phi) is 20.2. The third kappa shape index (κ3) is 15.0. The Morgan fingerprint density at radius 3 is 1.57 bits per heavy atom. The van der Waals surface area contributed by atoms with Crippen LogP contribution in [0.1, 0.15) is 40.5 Å². The van der Waals surface area contributed by atoms with E-state index in [2.05, 4.69) is 31.7 Å². The van der Waals surface area contributed by atoms with E-state index in [0.717, 1.165) is 12.8 Å². The zero-order valence-electron chi connectivity index (χ0n) is 20.1. The van der Waals surface area contributed by atoms with Gasteiger partial charge in [-0.05, 0) is 39.8 Å². The summed E-state index contributed by atoms with van der Waals surface area (Å²) in [5, 5.41) is 43.3. The molecule has 0 aromatic carbocycles. The summed E-state index contributed by atoms with van der Waals surface area (Å²) in [6, 6.07) is 5.72. The molecule has 2 bridgehead atoms. The normalized spacial score (nSPS) is 19.3. The first-order valence-electron chi connectivity index (χ1n) is 10.4. The van der Waals surface area contributed by atoms with Crippen LogP contribution in [0, 0.1) is 17.9 Å². The van der Waals surface area contributed by atoms with Gasteiger partial charge in [0.05, 0.1) is 0 Å². The van der Waals surface area contributed by atoms with Crippen molar-refractivity contribution in [2.24, 2.45) is 32.5 Å². The molecule has 2 atom stereocenters. The van der Waals surface area contributed by atoms with E-state index in [4.69, 9.17) is 20.8 Å². The van der Waals surface area contributed by atoms with Crippen LogP contribution < -0.4 is 0 Å². The minimum atomic E-state index is 0. The molecule has 0 saturated carbocycles. The second kappa shape index (κ2) is 21.0. The second-order valence-corrected chi connectivity index (χ2v) is 7.00. The smallest absolute Gasteiger partial charge is 0.144 e. The van der Waals surface area contributed by atoms with Gasteiger partial charge in [-0.1, -0.05) is 57.4 Å². The molecule has 0 aliphatic heterocycles. The molecule has 1 aromatic rings. The molecule has 0 unspecified atom stereocenters. The van der Waals surface area contributed by atoms with Gasteiger partial charge in [0.1, 0.15) is 28.6 Å². The third-order valence-electron chi connectivity index (χ3n) is 4.60. The zero-order valence-corrected chi connectivity index (χ0v) is 21.1. The van der Waals surface area contributed by atoms with Crippen LogP contribution in [-0.2, 0) is 21.6 Å². The number of hydrogen-bond acceptors (Lipinski definition) is 10. The standard InChI is InChI=1S/C11H11O.C5H5N.2C4H8N2O2.Co/c12-11-9-5-1-2-6-10(11)8-4-3-7-9;1-2-4-6-5-3-1;2*1-3(5-7)4(2)6-8;/h1-3,5-6,9-10H,7-8H2;1-5H;2*7-8H,1-2H3;/q-1;;;;/b;;2*5-3+,6-4+;/t9-,10+;;;;/m0..../s1. The van der Waals surface area contributed by atoms with Crippen molar-refractivity contribution in [1.82, 2.24) is 4.98 Å². The summed E-state index contributed by atoms with van der Waals surface area (Å²) in [5.41, 5.74) is 1.25. The fourth-order valence-corrected chi connectivity index (χ4v) is 2.25. The molecule has 3 rings (SSSR count). The Morgan fingerprint density at radius 1 is 0.800 bits per heavy atom. The minimum absolute atomic E-state index is 0. The molecule has 0 amide bonds. The molecular formula is C24H32CoN5O5-. The molecule has 1 radical (unpaired) electrons. The van der Waals surface area contributed by atoms with Crippen molar-refractivity contribution in [3.63, 3.8) is 0 Å². The van der Waals surface area contributed by atoms with Crippen molar-refractivity contribution in [2.75, 3.05) is 0 Å². The van der Waals surface area contributed by atoms with Gasteiger partial charge in [-0.2, -0.15) is 6.42 Å². The molecule has 2 aliphatic carbocycles. The molecule has 11 heteroatoms. The largest absolute Gasteiger partial charge is 0.500 e. The van der Waals surface area contributed by atoms with Crippen molar-refractivity contribution in [3.8, 4) is 0 Å². The number of nitrogens with zero attached hydrogens (tertiary/aromatic N) is 5. The van der Waals surface area contributed by atoms with E-state index in [1.54, 1.807) is 12.4 Å². The Balaban J connectivity index is 0. The predicted molar refractivity (Wildman–Crippen MR) is 131 cm³/mol. The van der Waals surface area contributed by atoms with Crippen molar-refractivity contribution in [1.29, 1.82) is 0 Å². The van der Waals surface area contributed by atoms with Crippen LogP contribution >= 0.6 is 0 Å². The molecule has 4 N–H and O–H groups in total. The molecule has 0 saturated heterocycles. The van der Waals surface area contributed by atoms with Gasteiger partial charge in [-0.25, -0.2) is 0 Å². The van der Waals surface area contributed by atoms with Gasteiger partial charge in [0.2, 0.25) is 0 Å². The number of ketones is 1. The SMILES string of the molecule is CC(=N\O)/C(C)=N/O.CC(=N\O)/C(C)=N/O.O=C1[C@@H]2C=CC=C[C@H]1CC=[C-]C2.[Co].c1ccncc1. The number of pyridine rings is 1. The van der Waals surface area contributed by atoms with E-state index in [0.29, 0.717) is 28.6 Å². The predicted octanol–water partition coefficient (Wildman–Crippen LogP) is 4.52. The maximum Gasteiger partial charge on any atom is 0.144 e. The number of carbonyl (C=O) groups excluding carboxylic acids is 1. The van der Waals surface area contributed by atoms with Crippen LogP contribution in [0.3, 0.4) is 0 Å². The molecule has 1 heterocycles. The maximum atomic E-state index is 11.7. The van der Waals surface area contributed by atoms with Crippen LogP contribution in [0.15, 0.2) is 81.6 Å². The Hall–Kier alpha value is -3.57. The minimum Gasteiger partial charge on any atom is -0.500 e. The van der Waals surface area contributed by atoms with E-state index in [-0.39, 0.29) is 28.6 Å². The molecule has 0 fully saturated rings. The van der Waals surface area contributed by atoms with Gasteiger partial charge in [-0.15, -0.1) is 0 Å². The molecule has 193 valence electrons. The quantitative estimate of drug-likeness (QED) is 0.191. The Morgan fingerprint density at radius 2 is 1.23 bits per heavy atom. The molecule has 10 nitrogen and oxygen atoms in total. The van der Waals surface area contributed by atoms with Crippen LogP contribution in [0.4, 0.5) is 0 Å². The maximum absolute atomic E-state index is 11.7. The summed E-state index contributed by atoms with van der Waals surface area (Å²) in [6.45, 7) is 6.15. The van der Waals surface area contributed by atoms with Crippen molar-refractivity contribution in [2.45, 2.75) is 40.5 Å². The second-order valence-electron chi connectivity index (χ2n) is 7.00. The Labute approximate surface area is 216 Å². The van der Waals surface area contributed by atoms with E-state index in [9.17, 15) is 4.79 Å². The average molecular weight is 529 g/mol. The number of oxime groups is 4. The van der Waals surface area contributed by atoms with Crippen molar-refractivity contribution in [3.05, 3.63) is 67.0 Å². The average Bonchev–Trinajstić information content (AvgIpc) is 3.19. The van der Waals surface area contributed by atoms with Gasteiger partial charge in [-0.3, -0.25) is 15.9 Å². The summed E-state index contributed by atoms with van der Waals surface area (Å²) in [4.78, 5) is 15.5. The molecular weight excluding hydrogens is 497 g/mol. The topological polar surface area (TPSA) is 160 Å². The summed E-state index contributed by atoms with van der Waals surface area (Å²) >= 11 is 0. The molecule has 2 aliphatic rings. The summed E-state index contributed by atoms with van der Waals surface area (Å²) in [7, 11) is 0. The summed E-state index contributed by atoms with van der Waals surface area (Å²) in [6.07, 6.45) is 18.1. The first-order valence-corrected chi connectivity index (χ1v) is 10.4. The van der Waals surface area contributed by atoms with Crippen LogP contribution in [0.2, 0.25) is 0 Å². The van der Waals surface area contributed by atoms with Gasteiger partial charge >= 0.3 is 0 Å². The first kappa shape index (κ1) is 33.6. The molecule has 0 spiro atoms. The number of aromatic nitrogens is 1. The van der Waals surface area contributed by atoms with Gasteiger partial charge in [0.25, 0.3) is 0 Å². The monoisotopic (exact) mass is 529 g/mol. The summed E-state index contributed by atoms with van der Waals surface area (Å²) in [5.74, 6) is 0.519.